The van der Waals surface area contributed by atoms with E-state index in [1.807, 2.05) is 57.2 Å². The molecule has 0 aliphatic carbocycles. The first-order valence-electron chi connectivity index (χ1n) is 6.58. The zero-order valence-corrected chi connectivity index (χ0v) is 13.5. The second kappa shape index (κ2) is 6.23. The third kappa shape index (κ3) is 2.93. The Morgan fingerprint density at radius 3 is 2.35 bits per heavy atom. The summed E-state index contributed by atoms with van der Waals surface area (Å²) in [7, 11) is 0. The molecule has 2 rings (SSSR count). The molecule has 2 nitrogen and oxygen atoms in total. The van der Waals surface area contributed by atoms with Gasteiger partial charge >= 0.3 is 0 Å². The molecule has 20 heavy (non-hydrogen) atoms. The van der Waals surface area contributed by atoms with E-state index < -0.39 is 0 Å². The number of carbonyl (C=O) groups is 1. The molecular weight excluding hydrogens is 316 g/mol. The lowest BCUT2D eigenvalue weighted by Gasteiger charge is -2.11. The average Bonchev–Trinajstić information content (AvgIpc) is 2.41. The van der Waals surface area contributed by atoms with Crippen molar-refractivity contribution in [2.75, 3.05) is 6.61 Å². The maximum atomic E-state index is 12.6. The Bertz CT molecular complexity index is 627. The van der Waals surface area contributed by atoms with Crippen LogP contribution < -0.4 is 4.74 Å². The zero-order valence-electron chi connectivity index (χ0n) is 11.9. The van der Waals surface area contributed by atoms with Crippen LogP contribution in [0.1, 0.15) is 34.0 Å². The van der Waals surface area contributed by atoms with Gasteiger partial charge in [-0.3, -0.25) is 4.79 Å². The van der Waals surface area contributed by atoms with Crippen molar-refractivity contribution in [3.05, 3.63) is 63.1 Å². The summed E-state index contributed by atoms with van der Waals surface area (Å²) in [6.07, 6.45) is 0. The van der Waals surface area contributed by atoms with Crippen molar-refractivity contribution in [2.24, 2.45) is 0 Å². The molecule has 0 bridgehead atoms. The van der Waals surface area contributed by atoms with E-state index in [9.17, 15) is 4.79 Å². The molecule has 0 radical (unpaired) electrons. The third-order valence-corrected chi connectivity index (χ3v) is 3.82. The fourth-order valence-corrected chi connectivity index (χ4v) is 2.72. The fraction of sp³-hybridized carbons (Fsp3) is 0.235. The van der Waals surface area contributed by atoms with Crippen molar-refractivity contribution in [3.8, 4) is 5.75 Å². The normalized spacial score (nSPS) is 10.4. The van der Waals surface area contributed by atoms with Crippen molar-refractivity contribution in [1.29, 1.82) is 0 Å². The molecule has 0 fully saturated rings. The van der Waals surface area contributed by atoms with E-state index in [1.165, 1.54) is 0 Å². The van der Waals surface area contributed by atoms with Crippen LogP contribution in [0.2, 0.25) is 0 Å². The van der Waals surface area contributed by atoms with Gasteiger partial charge in [0, 0.05) is 11.1 Å². The van der Waals surface area contributed by atoms with Gasteiger partial charge in [0.05, 0.1) is 11.1 Å². The van der Waals surface area contributed by atoms with E-state index in [0.29, 0.717) is 12.2 Å². The van der Waals surface area contributed by atoms with Gasteiger partial charge in [-0.25, -0.2) is 0 Å². The summed E-state index contributed by atoms with van der Waals surface area (Å²) < 4.78 is 6.27. The predicted molar refractivity (Wildman–Crippen MR) is 84.7 cm³/mol. The second-order valence-electron chi connectivity index (χ2n) is 4.67. The second-order valence-corrected chi connectivity index (χ2v) is 5.53. The predicted octanol–water partition coefficient (Wildman–Crippen LogP) is 4.70. The highest BCUT2D eigenvalue weighted by Gasteiger charge is 2.15. The van der Waals surface area contributed by atoms with Crippen LogP contribution in [0.25, 0.3) is 0 Å². The first-order chi connectivity index (χ1) is 9.54. The Kier molecular flexibility index (Phi) is 4.61. The van der Waals surface area contributed by atoms with Gasteiger partial charge in [-0.05, 0) is 66.0 Å². The van der Waals surface area contributed by atoms with Gasteiger partial charge in [-0.15, -0.1) is 0 Å². The highest BCUT2D eigenvalue weighted by molar-refractivity contribution is 9.10. The first-order valence-corrected chi connectivity index (χ1v) is 7.37. The number of halogens is 1. The molecule has 104 valence electrons. The molecule has 0 atom stereocenters. The van der Waals surface area contributed by atoms with E-state index >= 15 is 0 Å². The van der Waals surface area contributed by atoms with Crippen LogP contribution in [0.4, 0.5) is 0 Å². The number of hydrogen-bond donors (Lipinski definition) is 0. The van der Waals surface area contributed by atoms with Gasteiger partial charge in [-0.2, -0.15) is 0 Å². The summed E-state index contributed by atoms with van der Waals surface area (Å²) in [5, 5.41) is 0. The van der Waals surface area contributed by atoms with Crippen LogP contribution in [-0.4, -0.2) is 12.4 Å². The van der Waals surface area contributed by atoms with E-state index in [4.69, 9.17) is 4.74 Å². The van der Waals surface area contributed by atoms with E-state index in [-0.39, 0.29) is 5.78 Å². The molecular formula is C17H17BrO2. The largest absolute Gasteiger partial charge is 0.493 e. The van der Waals surface area contributed by atoms with Crippen LogP contribution in [0.15, 0.2) is 40.9 Å². The number of ether oxygens (including phenoxy) is 1. The Morgan fingerprint density at radius 2 is 1.80 bits per heavy atom. The van der Waals surface area contributed by atoms with Crippen LogP contribution in [0.3, 0.4) is 0 Å². The Labute approximate surface area is 127 Å². The molecule has 0 aromatic heterocycles. The number of benzene rings is 2. The maximum Gasteiger partial charge on any atom is 0.193 e. The minimum atomic E-state index is 0.0457. The van der Waals surface area contributed by atoms with E-state index in [0.717, 1.165) is 26.9 Å². The summed E-state index contributed by atoms with van der Waals surface area (Å²) in [6.45, 7) is 6.46. The van der Waals surface area contributed by atoms with E-state index in [1.54, 1.807) is 0 Å². The Balaban J connectivity index is 2.41. The topological polar surface area (TPSA) is 26.3 Å². The SMILES string of the molecule is CCOc1ccc(C(=O)c2c(C)cccc2C)cc1Br. The minimum Gasteiger partial charge on any atom is -0.493 e. The highest BCUT2D eigenvalue weighted by atomic mass is 79.9. The molecule has 0 aliphatic heterocycles. The van der Waals surface area contributed by atoms with Gasteiger partial charge in [0.2, 0.25) is 0 Å². The maximum absolute atomic E-state index is 12.6. The van der Waals surface area contributed by atoms with Gasteiger partial charge in [0.15, 0.2) is 5.78 Å². The molecule has 0 unspecified atom stereocenters. The lowest BCUT2D eigenvalue weighted by atomic mass is 9.95. The zero-order chi connectivity index (χ0) is 14.7. The summed E-state index contributed by atoms with van der Waals surface area (Å²) in [4.78, 5) is 12.6. The molecule has 0 heterocycles. The molecule has 3 heteroatoms. The Hall–Kier alpha value is -1.61. The standard InChI is InChI=1S/C17H17BrO2/c1-4-20-15-9-8-13(10-14(15)18)17(19)16-11(2)6-5-7-12(16)3/h5-10H,4H2,1-3H3. The van der Waals surface area contributed by atoms with Gasteiger partial charge in [0.25, 0.3) is 0 Å². The van der Waals surface area contributed by atoms with Crippen molar-refractivity contribution in [2.45, 2.75) is 20.8 Å². The van der Waals surface area contributed by atoms with Crippen LogP contribution >= 0.6 is 15.9 Å². The number of aryl methyl sites for hydroxylation is 2. The third-order valence-electron chi connectivity index (χ3n) is 3.20. The summed E-state index contributed by atoms with van der Waals surface area (Å²) >= 11 is 3.45. The Morgan fingerprint density at radius 1 is 1.15 bits per heavy atom. The lowest BCUT2D eigenvalue weighted by Crippen LogP contribution is -2.06. The molecule has 2 aromatic carbocycles. The number of ketones is 1. The minimum absolute atomic E-state index is 0.0457. The highest BCUT2D eigenvalue weighted by Crippen LogP contribution is 2.28. The molecule has 0 N–H and O–H groups in total. The van der Waals surface area contributed by atoms with Crippen LogP contribution in [-0.2, 0) is 0 Å². The quantitative estimate of drug-likeness (QED) is 0.759. The van der Waals surface area contributed by atoms with Crippen molar-refractivity contribution < 1.29 is 9.53 Å². The van der Waals surface area contributed by atoms with Crippen LogP contribution in [0.5, 0.6) is 5.75 Å². The van der Waals surface area contributed by atoms with Crippen molar-refractivity contribution in [1.82, 2.24) is 0 Å². The van der Waals surface area contributed by atoms with Crippen molar-refractivity contribution in [3.63, 3.8) is 0 Å². The smallest absolute Gasteiger partial charge is 0.193 e. The molecule has 0 saturated heterocycles. The molecule has 0 aliphatic rings. The van der Waals surface area contributed by atoms with Crippen LogP contribution in [0, 0.1) is 13.8 Å². The monoisotopic (exact) mass is 332 g/mol. The van der Waals surface area contributed by atoms with Crippen molar-refractivity contribution >= 4 is 21.7 Å². The van der Waals surface area contributed by atoms with E-state index in [2.05, 4.69) is 15.9 Å². The number of hydrogen-bond acceptors (Lipinski definition) is 2. The van der Waals surface area contributed by atoms with Gasteiger partial charge < -0.3 is 4.74 Å². The summed E-state index contributed by atoms with van der Waals surface area (Å²) in [5.74, 6) is 0.801. The summed E-state index contributed by atoms with van der Waals surface area (Å²) in [6, 6.07) is 11.3. The summed E-state index contributed by atoms with van der Waals surface area (Å²) in [5.41, 5.74) is 3.45. The molecule has 0 amide bonds. The lowest BCUT2D eigenvalue weighted by molar-refractivity contribution is 0.103. The number of carbonyl (C=O) groups excluding carboxylic acids is 1. The van der Waals surface area contributed by atoms with Gasteiger partial charge in [-0.1, -0.05) is 18.2 Å². The molecule has 2 aromatic rings. The molecule has 0 spiro atoms. The number of rotatable bonds is 4. The fourth-order valence-electron chi connectivity index (χ4n) is 2.23. The first kappa shape index (κ1) is 14.8. The molecule has 0 saturated carbocycles. The average molecular weight is 333 g/mol. The van der Waals surface area contributed by atoms with Gasteiger partial charge in [0.1, 0.15) is 5.75 Å².